The van der Waals surface area contributed by atoms with Gasteiger partial charge >= 0.3 is 0 Å². The molecule has 2 aliphatic heterocycles. The molecule has 2 unspecified atom stereocenters. The maximum atomic E-state index is 13.5. The molecule has 9 aromatic rings. The van der Waals surface area contributed by atoms with E-state index in [2.05, 4.69) is 223 Å². The van der Waals surface area contributed by atoms with Crippen LogP contribution in [-0.4, -0.2) is 50.3 Å². The van der Waals surface area contributed by atoms with Crippen LogP contribution >= 0.6 is 0 Å². The minimum absolute atomic E-state index is 0.259. The van der Waals surface area contributed by atoms with E-state index in [1.54, 1.807) is 0 Å². The average Bonchev–Trinajstić information content (AvgIpc) is 4.13. The third-order valence-electron chi connectivity index (χ3n) is 15.6. The number of phenols is 1. The van der Waals surface area contributed by atoms with Gasteiger partial charge in [-0.25, -0.2) is 0 Å². The first-order valence-electron chi connectivity index (χ1n) is 25.6. The molecule has 2 heterocycles. The maximum absolute atomic E-state index is 13.5. The molecule has 3 N–H and O–H groups in total. The molecule has 5 nitrogen and oxygen atoms in total. The number of benzene rings is 9. The maximum Gasteiger partial charge on any atom is 0.130 e. The van der Waals surface area contributed by atoms with Crippen LogP contribution in [0, 0.1) is 6.92 Å². The lowest BCUT2D eigenvalue weighted by atomic mass is 9.78. The summed E-state index contributed by atoms with van der Waals surface area (Å²) in [5.41, 5.74) is 12.4. The van der Waals surface area contributed by atoms with Gasteiger partial charge in [0.1, 0.15) is 17.0 Å². The normalized spacial score (nSPS) is 16.5. The van der Waals surface area contributed by atoms with Crippen LogP contribution in [0.25, 0.3) is 44.5 Å². The zero-order chi connectivity index (χ0) is 49.1. The summed E-state index contributed by atoms with van der Waals surface area (Å²) >= 11 is 0. The summed E-state index contributed by atoms with van der Waals surface area (Å²) in [5, 5.41) is 39.5. The van der Waals surface area contributed by atoms with Crippen molar-refractivity contribution in [3.63, 3.8) is 0 Å². The Balaban J connectivity index is 0.908. The van der Waals surface area contributed by atoms with Gasteiger partial charge in [0.2, 0.25) is 0 Å². The Labute approximate surface area is 425 Å². The lowest BCUT2D eigenvalue weighted by Gasteiger charge is -2.41. The van der Waals surface area contributed by atoms with Crippen molar-refractivity contribution in [1.29, 1.82) is 0 Å². The molecular weight excluding hydrogens is 881 g/mol. The Morgan fingerprint density at radius 3 is 0.889 bits per heavy atom. The molecule has 2 aliphatic rings. The third-order valence-corrected chi connectivity index (χ3v) is 15.6. The highest BCUT2D eigenvalue weighted by Crippen LogP contribution is 2.45. The van der Waals surface area contributed by atoms with Crippen LogP contribution in [-0.2, 0) is 24.3 Å². The molecule has 0 aliphatic carbocycles. The van der Waals surface area contributed by atoms with E-state index in [0.29, 0.717) is 13.1 Å². The van der Waals surface area contributed by atoms with Gasteiger partial charge in [-0.3, -0.25) is 9.80 Å². The molecule has 358 valence electrons. The zero-order valence-electron chi connectivity index (χ0n) is 41.0. The van der Waals surface area contributed by atoms with Gasteiger partial charge in [0.15, 0.2) is 0 Å². The molecule has 72 heavy (non-hydrogen) atoms. The number of aryl methyl sites for hydroxylation is 1. The number of phenolic OH excluding ortho intramolecular Hbond substituents is 1. The molecule has 0 aromatic heterocycles. The van der Waals surface area contributed by atoms with E-state index in [-0.39, 0.29) is 17.8 Å². The SMILES string of the molecule is Cc1cc(CN2CCCC2C(O)(c2ccc(-c3ccccc3)cc2)c2ccc(-c3ccccc3)cc2)c(O)c(CN2CCCC2C(O)(c2ccc(-c3ccccc3)cc2)c2ccc(-c3ccccc3)cc2)c1. The summed E-state index contributed by atoms with van der Waals surface area (Å²) in [7, 11) is 0. The standard InChI is InChI=1S/C67H62N2O3/c1-48-44-57(46-68-42-14-24-63(68)66(71,59-34-26-53(27-35-59)49-16-6-2-7-17-49)60-36-28-54(29-37-60)50-18-8-3-9-19-50)65(70)58(45-48)47-69-43-15-25-64(69)67(72,61-38-30-55(31-39-61)51-20-10-4-11-21-51)62-40-32-56(33-41-62)52-22-12-5-13-23-52/h2-13,16-23,26-41,44-45,63-64,70-72H,14-15,24-25,42-43,46-47H2,1H3. The first-order valence-corrected chi connectivity index (χ1v) is 25.6. The summed E-state index contributed by atoms with van der Waals surface area (Å²) in [5.74, 6) is 0.280. The third kappa shape index (κ3) is 9.22. The minimum Gasteiger partial charge on any atom is -0.507 e. The van der Waals surface area contributed by atoms with E-state index in [9.17, 15) is 15.3 Å². The average molecular weight is 943 g/mol. The predicted molar refractivity (Wildman–Crippen MR) is 293 cm³/mol. The number of rotatable bonds is 14. The van der Waals surface area contributed by atoms with Gasteiger partial charge in [-0.2, -0.15) is 0 Å². The van der Waals surface area contributed by atoms with Gasteiger partial charge < -0.3 is 15.3 Å². The smallest absolute Gasteiger partial charge is 0.130 e. The van der Waals surface area contributed by atoms with Crippen molar-refractivity contribution in [3.05, 3.63) is 269 Å². The summed E-state index contributed by atoms with van der Waals surface area (Å²) in [6.07, 6.45) is 3.43. The highest BCUT2D eigenvalue weighted by Gasteiger charge is 2.47. The van der Waals surface area contributed by atoms with E-state index in [1.165, 1.54) is 0 Å². The van der Waals surface area contributed by atoms with Crippen LogP contribution in [0.1, 0.15) is 64.6 Å². The molecule has 0 radical (unpaired) electrons. The topological polar surface area (TPSA) is 67.2 Å². The fourth-order valence-electron chi connectivity index (χ4n) is 11.9. The van der Waals surface area contributed by atoms with Crippen molar-refractivity contribution in [1.82, 2.24) is 9.80 Å². The number of likely N-dealkylation sites (tertiary alicyclic amines) is 2. The van der Waals surface area contributed by atoms with Gasteiger partial charge in [-0.15, -0.1) is 0 Å². The van der Waals surface area contributed by atoms with Crippen molar-refractivity contribution in [3.8, 4) is 50.3 Å². The largest absolute Gasteiger partial charge is 0.507 e. The van der Waals surface area contributed by atoms with Crippen LogP contribution in [0.3, 0.4) is 0 Å². The van der Waals surface area contributed by atoms with Crippen LogP contribution in [0.4, 0.5) is 0 Å². The summed E-state index contributed by atoms with van der Waals surface area (Å²) in [6, 6.07) is 78.9. The Morgan fingerprint density at radius 2 is 0.625 bits per heavy atom. The highest BCUT2D eigenvalue weighted by molar-refractivity contribution is 5.68. The Morgan fingerprint density at radius 1 is 0.375 bits per heavy atom. The molecule has 2 saturated heterocycles. The molecule has 2 atom stereocenters. The number of hydrogen-bond acceptors (Lipinski definition) is 5. The molecule has 0 bridgehead atoms. The first-order chi connectivity index (χ1) is 35.3. The van der Waals surface area contributed by atoms with E-state index < -0.39 is 11.2 Å². The second-order valence-corrected chi connectivity index (χ2v) is 20.0. The number of aromatic hydroxyl groups is 1. The lowest BCUT2D eigenvalue weighted by Crippen LogP contribution is -2.48. The van der Waals surface area contributed by atoms with E-state index in [4.69, 9.17) is 0 Å². The van der Waals surface area contributed by atoms with Crippen LogP contribution in [0.5, 0.6) is 5.75 Å². The molecular formula is C67H62N2O3. The van der Waals surface area contributed by atoms with E-state index >= 15 is 0 Å². The highest BCUT2D eigenvalue weighted by atomic mass is 16.3. The molecule has 9 aromatic carbocycles. The molecule has 2 fully saturated rings. The summed E-state index contributed by atoms with van der Waals surface area (Å²) < 4.78 is 0. The Bertz CT molecular complexity index is 2830. The van der Waals surface area contributed by atoms with E-state index in [1.807, 2.05) is 24.3 Å². The first kappa shape index (κ1) is 47.0. The van der Waals surface area contributed by atoms with Crippen molar-refractivity contribution in [2.45, 2.75) is 69.0 Å². The monoisotopic (exact) mass is 942 g/mol. The quantitative estimate of drug-likeness (QED) is 0.101. The molecule has 0 spiro atoms. The number of hydrogen-bond donors (Lipinski definition) is 3. The van der Waals surface area contributed by atoms with E-state index in [0.717, 1.165) is 122 Å². The van der Waals surface area contributed by atoms with Crippen molar-refractivity contribution < 1.29 is 15.3 Å². The van der Waals surface area contributed by atoms with Gasteiger partial charge in [-0.1, -0.05) is 236 Å². The van der Waals surface area contributed by atoms with Crippen LogP contribution in [0.15, 0.2) is 231 Å². The zero-order valence-corrected chi connectivity index (χ0v) is 41.0. The van der Waals surface area contributed by atoms with Gasteiger partial charge in [0.25, 0.3) is 0 Å². The fourth-order valence-corrected chi connectivity index (χ4v) is 11.9. The van der Waals surface area contributed by atoms with Crippen molar-refractivity contribution in [2.24, 2.45) is 0 Å². The van der Waals surface area contributed by atoms with Crippen LogP contribution in [0.2, 0.25) is 0 Å². The second-order valence-electron chi connectivity index (χ2n) is 20.0. The summed E-state index contributed by atoms with van der Waals surface area (Å²) in [6.45, 7) is 4.63. The predicted octanol–water partition coefficient (Wildman–Crippen LogP) is 14.2. The lowest BCUT2D eigenvalue weighted by molar-refractivity contribution is -0.00732. The molecule has 11 rings (SSSR count). The molecule has 0 saturated carbocycles. The molecule has 0 amide bonds. The number of aliphatic hydroxyl groups is 2. The van der Waals surface area contributed by atoms with Crippen molar-refractivity contribution >= 4 is 0 Å². The van der Waals surface area contributed by atoms with Crippen molar-refractivity contribution in [2.75, 3.05) is 13.1 Å². The Hall–Kier alpha value is -7.38. The number of nitrogens with zero attached hydrogens (tertiary/aromatic N) is 2. The van der Waals surface area contributed by atoms with Gasteiger partial charge in [-0.05, 0) is 112 Å². The van der Waals surface area contributed by atoms with Gasteiger partial charge in [0.05, 0.1) is 0 Å². The fraction of sp³-hybridized carbons (Fsp3) is 0.194. The van der Waals surface area contributed by atoms with Crippen LogP contribution < -0.4 is 0 Å². The van der Waals surface area contributed by atoms with Gasteiger partial charge in [0, 0.05) is 36.3 Å². The molecule has 5 heteroatoms. The second kappa shape index (κ2) is 20.4. The minimum atomic E-state index is -1.34. The Kier molecular flexibility index (Phi) is 13.3. The summed E-state index contributed by atoms with van der Waals surface area (Å²) in [4.78, 5) is 4.76.